The van der Waals surface area contributed by atoms with Crippen molar-refractivity contribution in [1.82, 2.24) is 14.1 Å². The first-order valence-electron chi connectivity index (χ1n) is 6.35. The van der Waals surface area contributed by atoms with Crippen molar-refractivity contribution in [3.8, 4) is 0 Å². The third-order valence-electron chi connectivity index (χ3n) is 2.91. The minimum absolute atomic E-state index is 0.206. The Morgan fingerprint density at radius 1 is 1.52 bits per heavy atom. The highest BCUT2D eigenvalue weighted by Gasteiger charge is 2.23. The van der Waals surface area contributed by atoms with E-state index in [0.717, 1.165) is 15.8 Å². The van der Waals surface area contributed by atoms with E-state index in [1.807, 2.05) is 11.4 Å². The van der Waals surface area contributed by atoms with E-state index in [1.165, 1.54) is 21.8 Å². The number of halogens is 1. The average Bonchev–Trinajstić information content (AvgIpc) is 3.06. The first kappa shape index (κ1) is 16.6. The van der Waals surface area contributed by atoms with E-state index in [0.29, 0.717) is 19.6 Å². The van der Waals surface area contributed by atoms with Crippen molar-refractivity contribution in [2.24, 2.45) is 5.73 Å². The lowest BCUT2D eigenvalue weighted by Gasteiger charge is -2.14. The highest BCUT2D eigenvalue weighted by Crippen LogP contribution is 2.23. The summed E-state index contributed by atoms with van der Waals surface area (Å²) in [6, 6.07) is 1.92. The van der Waals surface area contributed by atoms with Crippen LogP contribution in [0.15, 0.2) is 33.2 Å². The van der Waals surface area contributed by atoms with Crippen LogP contribution in [0.25, 0.3) is 0 Å². The van der Waals surface area contributed by atoms with Gasteiger partial charge in [-0.15, -0.1) is 11.3 Å². The highest BCUT2D eigenvalue weighted by atomic mass is 79.9. The summed E-state index contributed by atoms with van der Waals surface area (Å²) in [6.07, 6.45) is 3.69. The molecule has 6 nitrogen and oxygen atoms in total. The van der Waals surface area contributed by atoms with E-state index in [1.54, 1.807) is 17.9 Å². The molecule has 0 radical (unpaired) electrons. The molecule has 0 aliphatic carbocycles. The van der Waals surface area contributed by atoms with Crippen LogP contribution in [0.2, 0.25) is 0 Å². The predicted octanol–water partition coefficient (Wildman–Crippen LogP) is 1.88. The maximum Gasteiger partial charge on any atom is 0.246 e. The van der Waals surface area contributed by atoms with Crippen LogP contribution in [0.4, 0.5) is 0 Å². The molecule has 0 unspecified atom stereocenters. The molecule has 0 amide bonds. The highest BCUT2D eigenvalue weighted by molar-refractivity contribution is 9.10. The van der Waals surface area contributed by atoms with E-state index in [9.17, 15) is 8.42 Å². The summed E-state index contributed by atoms with van der Waals surface area (Å²) < 4.78 is 28.8. The van der Waals surface area contributed by atoms with Gasteiger partial charge < -0.3 is 5.73 Å². The van der Waals surface area contributed by atoms with Crippen molar-refractivity contribution in [1.29, 1.82) is 0 Å². The normalized spacial score (nSPS) is 12.2. The number of nitrogens with zero attached hydrogens (tertiary/aromatic N) is 3. The summed E-state index contributed by atoms with van der Waals surface area (Å²) in [5.74, 6) is 0. The van der Waals surface area contributed by atoms with Crippen LogP contribution in [-0.4, -0.2) is 36.1 Å². The molecular weight excluding hydrogens is 376 g/mol. The molecule has 2 heterocycles. The Labute approximate surface area is 136 Å². The second-order valence-corrected chi connectivity index (χ2v) is 8.53. The fourth-order valence-corrected chi connectivity index (χ4v) is 4.46. The van der Waals surface area contributed by atoms with Crippen molar-refractivity contribution in [3.05, 3.63) is 33.2 Å². The van der Waals surface area contributed by atoms with E-state index in [2.05, 4.69) is 21.0 Å². The Hall–Kier alpha value is -0.740. The number of aromatic nitrogens is 2. The Morgan fingerprint density at radius 3 is 2.90 bits per heavy atom. The third-order valence-corrected chi connectivity index (χ3v) is 6.35. The molecule has 9 heteroatoms. The molecule has 116 valence electrons. The largest absolute Gasteiger partial charge is 0.330 e. The minimum atomic E-state index is -3.52. The van der Waals surface area contributed by atoms with Crippen LogP contribution < -0.4 is 5.73 Å². The van der Waals surface area contributed by atoms with E-state index >= 15 is 0 Å². The predicted molar refractivity (Wildman–Crippen MR) is 86.6 cm³/mol. The molecule has 0 aliphatic rings. The van der Waals surface area contributed by atoms with Crippen molar-refractivity contribution < 1.29 is 8.42 Å². The monoisotopic (exact) mass is 392 g/mol. The molecular formula is C12H17BrN4O2S2. The van der Waals surface area contributed by atoms with Crippen molar-refractivity contribution >= 4 is 37.3 Å². The summed E-state index contributed by atoms with van der Waals surface area (Å²) in [7, 11) is -1.95. The lowest BCUT2D eigenvalue weighted by atomic mass is 10.4. The molecule has 0 spiro atoms. The molecule has 0 atom stereocenters. The maximum atomic E-state index is 12.5. The van der Waals surface area contributed by atoms with Gasteiger partial charge in [-0.3, -0.25) is 4.68 Å². The second kappa shape index (κ2) is 7.01. The molecule has 0 bridgehead atoms. The number of hydrogen-bond donors (Lipinski definition) is 1. The zero-order valence-corrected chi connectivity index (χ0v) is 14.8. The topological polar surface area (TPSA) is 81.2 Å². The molecule has 0 aliphatic heterocycles. The van der Waals surface area contributed by atoms with Gasteiger partial charge in [0, 0.05) is 41.1 Å². The zero-order chi connectivity index (χ0) is 15.5. The summed E-state index contributed by atoms with van der Waals surface area (Å²) in [4.78, 5) is 1.18. The Bertz CT molecular complexity index is 696. The van der Waals surface area contributed by atoms with Gasteiger partial charge in [-0.25, -0.2) is 8.42 Å². The van der Waals surface area contributed by atoms with Gasteiger partial charge >= 0.3 is 0 Å². The van der Waals surface area contributed by atoms with Gasteiger partial charge in [-0.1, -0.05) is 0 Å². The molecule has 2 aromatic rings. The van der Waals surface area contributed by atoms with E-state index in [-0.39, 0.29) is 4.90 Å². The number of rotatable bonds is 7. The molecule has 2 aromatic heterocycles. The van der Waals surface area contributed by atoms with Gasteiger partial charge in [-0.2, -0.15) is 9.40 Å². The number of aryl methyl sites for hydroxylation is 1. The number of thiophene rings is 1. The van der Waals surface area contributed by atoms with Crippen molar-refractivity contribution in [2.75, 3.05) is 13.6 Å². The van der Waals surface area contributed by atoms with Gasteiger partial charge in [-0.05, 0) is 35.0 Å². The van der Waals surface area contributed by atoms with Crippen LogP contribution in [0.5, 0.6) is 0 Å². The fourth-order valence-electron chi connectivity index (χ4n) is 1.77. The summed E-state index contributed by atoms with van der Waals surface area (Å²) >= 11 is 4.88. The van der Waals surface area contributed by atoms with Crippen molar-refractivity contribution in [2.45, 2.75) is 24.4 Å². The zero-order valence-electron chi connectivity index (χ0n) is 11.6. The lowest BCUT2D eigenvalue weighted by molar-refractivity contribution is 0.469. The first-order chi connectivity index (χ1) is 9.93. The van der Waals surface area contributed by atoms with Crippen LogP contribution in [0.3, 0.4) is 0 Å². The standard InChI is InChI=1S/C12H17BrN4O2S2/c1-16(7-11-5-10(13)9-20-11)21(18,19)12-6-15-17(8-12)4-2-3-14/h5-6,8-9H,2-4,7,14H2,1H3. The fraction of sp³-hybridized carbons (Fsp3) is 0.417. The number of hydrogen-bond acceptors (Lipinski definition) is 5. The molecule has 0 saturated carbocycles. The molecule has 0 saturated heterocycles. The van der Waals surface area contributed by atoms with Gasteiger partial charge in [0.25, 0.3) is 0 Å². The second-order valence-electron chi connectivity index (χ2n) is 4.57. The smallest absolute Gasteiger partial charge is 0.246 e. The lowest BCUT2D eigenvalue weighted by Crippen LogP contribution is -2.25. The van der Waals surface area contributed by atoms with Gasteiger partial charge in [0.1, 0.15) is 4.90 Å². The van der Waals surface area contributed by atoms with E-state index < -0.39 is 10.0 Å². The van der Waals surface area contributed by atoms with Gasteiger partial charge in [0.15, 0.2) is 0 Å². The first-order valence-corrected chi connectivity index (χ1v) is 9.46. The summed E-state index contributed by atoms with van der Waals surface area (Å²) in [6.45, 7) is 1.51. The van der Waals surface area contributed by atoms with Crippen LogP contribution in [0.1, 0.15) is 11.3 Å². The van der Waals surface area contributed by atoms with E-state index in [4.69, 9.17) is 5.73 Å². The molecule has 0 fully saturated rings. The van der Waals surface area contributed by atoms with Gasteiger partial charge in [0.05, 0.1) is 6.20 Å². The van der Waals surface area contributed by atoms with Crippen molar-refractivity contribution in [3.63, 3.8) is 0 Å². The summed E-state index contributed by atoms with van der Waals surface area (Å²) in [5.41, 5.74) is 5.43. The maximum absolute atomic E-state index is 12.5. The minimum Gasteiger partial charge on any atom is -0.330 e. The third kappa shape index (κ3) is 4.13. The Kier molecular flexibility index (Phi) is 5.55. The van der Waals surface area contributed by atoms with Crippen LogP contribution in [-0.2, 0) is 23.1 Å². The average molecular weight is 393 g/mol. The molecule has 0 aromatic carbocycles. The SMILES string of the molecule is CN(Cc1cc(Br)cs1)S(=O)(=O)c1cnn(CCCN)c1. The van der Waals surface area contributed by atoms with Crippen LogP contribution in [0, 0.1) is 0 Å². The number of nitrogens with two attached hydrogens (primary N) is 1. The quantitative estimate of drug-likeness (QED) is 0.779. The Balaban J connectivity index is 2.11. The molecule has 21 heavy (non-hydrogen) atoms. The molecule has 2 N–H and O–H groups in total. The summed E-state index contributed by atoms with van der Waals surface area (Å²) in [5, 5.41) is 6.00. The van der Waals surface area contributed by atoms with Gasteiger partial charge in [0.2, 0.25) is 10.0 Å². The Morgan fingerprint density at radius 2 is 2.29 bits per heavy atom. The number of sulfonamides is 1. The van der Waals surface area contributed by atoms with Crippen LogP contribution >= 0.6 is 27.3 Å². The molecule has 2 rings (SSSR count).